The van der Waals surface area contributed by atoms with Crippen LogP contribution in [0.15, 0.2) is 33.1 Å². The summed E-state index contributed by atoms with van der Waals surface area (Å²) < 4.78 is 6.13. The highest BCUT2D eigenvalue weighted by Crippen LogP contribution is 2.29. The van der Waals surface area contributed by atoms with Crippen molar-refractivity contribution in [2.75, 3.05) is 5.32 Å². The molecule has 8 heteroatoms. The van der Waals surface area contributed by atoms with Gasteiger partial charge in [0.05, 0.1) is 5.75 Å². The minimum atomic E-state index is 0.515. The van der Waals surface area contributed by atoms with Crippen LogP contribution >= 0.6 is 23.1 Å². The van der Waals surface area contributed by atoms with Crippen LogP contribution in [-0.4, -0.2) is 20.3 Å². The summed E-state index contributed by atoms with van der Waals surface area (Å²) in [5.41, 5.74) is 2.23. The van der Waals surface area contributed by atoms with E-state index in [0.29, 0.717) is 17.6 Å². The van der Waals surface area contributed by atoms with E-state index in [0.717, 1.165) is 27.4 Å². The Kier molecular flexibility index (Phi) is 5.47. The fraction of sp³-hybridized carbons (Fsp3) is 0.375. The van der Waals surface area contributed by atoms with Crippen LogP contribution in [0.5, 0.6) is 0 Å². The molecule has 1 aromatic carbocycles. The second-order valence-corrected chi connectivity index (χ2v) is 8.06. The van der Waals surface area contributed by atoms with Crippen molar-refractivity contribution < 1.29 is 4.52 Å². The molecule has 2 aromatic heterocycles. The van der Waals surface area contributed by atoms with Crippen molar-refractivity contribution >= 4 is 33.9 Å². The first-order valence-electron chi connectivity index (χ1n) is 7.70. The van der Waals surface area contributed by atoms with Gasteiger partial charge in [0.25, 0.3) is 0 Å². The monoisotopic (exact) mass is 361 g/mol. The van der Waals surface area contributed by atoms with Crippen LogP contribution in [0.2, 0.25) is 0 Å². The zero-order valence-electron chi connectivity index (χ0n) is 13.8. The maximum Gasteiger partial charge on any atom is 0.237 e. The summed E-state index contributed by atoms with van der Waals surface area (Å²) in [5, 5.41) is 16.4. The largest absolute Gasteiger partial charge is 0.338 e. The van der Waals surface area contributed by atoms with Gasteiger partial charge < -0.3 is 9.84 Å². The minimum absolute atomic E-state index is 0.515. The fourth-order valence-electron chi connectivity index (χ4n) is 2.00. The number of thioether (sulfide) groups is 1. The van der Waals surface area contributed by atoms with Crippen LogP contribution in [0.1, 0.15) is 31.1 Å². The lowest BCUT2D eigenvalue weighted by Crippen LogP contribution is -1.96. The van der Waals surface area contributed by atoms with Crippen LogP contribution in [-0.2, 0) is 12.2 Å². The van der Waals surface area contributed by atoms with E-state index in [1.807, 2.05) is 12.1 Å². The number of hydrogen-bond acceptors (Lipinski definition) is 8. The second-order valence-electron chi connectivity index (χ2n) is 5.86. The highest BCUT2D eigenvalue weighted by Gasteiger charge is 2.11. The molecule has 0 saturated carbocycles. The highest BCUT2D eigenvalue weighted by molar-refractivity contribution is 8.00. The summed E-state index contributed by atoms with van der Waals surface area (Å²) in [6, 6.07) is 8.17. The number of benzene rings is 1. The molecule has 0 bridgehead atoms. The molecule has 3 aromatic rings. The Hall–Kier alpha value is -1.93. The van der Waals surface area contributed by atoms with Gasteiger partial charge in [-0.05, 0) is 25.0 Å². The number of nitrogens with zero attached hydrogens (tertiary/aromatic N) is 4. The Labute approximate surface area is 149 Å². The Morgan fingerprint density at radius 2 is 2.00 bits per heavy atom. The number of hydrogen-bond donors (Lipinski definition) is 1. The van der Waals surface area contributed by atoms with E-state index >= 15 is 0 Å². The normalized spacial score (nSPS) is 11.2. The number of nitrogens with one attached hydrogen (secondary N) is 1. The highest BCUT2D eigenvalue weighted by atomic mass is 32.2. The minimum Gasteiger partial charge on any atom is -0.338 e. The van der Waals surface area contributed by atoms with E-state index in [4.69, 9.17) is 4.52 Å². The molecule has 1 N–H and O–H groups in total. The first kappa shape index (κ1) is 16.9. The van der Waals surface area contributed by atoms with Gasteiger partial charge in [-0.15, -0.1) is 10.2 Å². The molecule has 24 heavy (non-hydrogen) atoms. The van der Waals surface area contributed by atoms with Gasteiger partial charge in [-0.25, -0.2) is 0 Å². The third kappa shape index (κ3) is 4.78. The summed E-state index contributed by atoms with van der Waals surface area (Å²) in [5.74, 6) is 2.50. The lowest BCUT2D eigenvalue weighted by atomic mass is 10.1. The molecule has 0 radical (unpaired) electrons. The molecule has 0 fully saturated rings. The van der Waals surface area contributed by atoms with Gasteiger partial charge in [0.2, 0.25) is 11.0 Å². The van der Waals surface area contributed by atoms with Crippen LogP contribution in [0, 0.1) is 12.8 Å². The van der Waals surface area contributed by atoms with E-state index in [1.54, 1.807) is 11.8 Å². The first-order valence-corrected chi connectivity index (χ1v) is 9.50. The summed E-state index contributed by atoms with van der Waals surface area (Å²) in [6.45, 7) is 6.33. The van der Waals surface area contributed by atoms with Crippen molar-refractivity contribution in [2.24, 2.45) is 5.92 Å². The Morgan fingerprint density at radius 1 is 1.21 bits per heavy atom. The van der Waals surface area contributed by atoms with Crippen LogP contribution in [0.4, 0.5) is 10.8 Å². The first-order chi connectivity index (χ1) is 11.6. The van der Waals surface area contributed by atoms with Gasteiger partial charge >= 0.3 is 0 Å². The topological polar surface area (TPSA) is 76.7 Å². The molecule has 0 saturated heterocycles. The smallest absolute Gasteiger partial charge is 0.237 e. The van der Waals surface area contributed by atoms with Crippen molar-refractivity contribution in [3.05, 3.63) is 41.5 Å². The van der Waals surface area contributed by atoms with E-state index in [-0.39, 0.29) is 0 Å². The molecule has 3 rings (SSSR count). The van der Waals surface area contributed by atoms with Gasteiger partial charge in [-0.2, -0.15) is 4.98 Å². The predicted molar refractivity (Wildman–Crippen MR) is 96.8 cm³/mol. The average molecular weight is 361 g/mol. The quantitative estimate of drug-likeness (QED) is 0.622. The molecule has 0 amide bonds. The third-order valence-electron chi connectivity index (χ3n) is 3.13. The van der Waals surface area contributed by atoms with Gasteiger partial charge in [0.15, 0.2) is 10.2 Å². The van der Waals surface area contributed by atoms with E-state index < -0.39 is 0 Å². The molecule has 0 atom stereocenters. The van der Waals surface area contributed by atoms with Crippen LogP contribution in [0.3, 0.4) is 0 Å². The molecule has 0 unspecified atom stereocenters. The summed E-state index contributed by atoms with van der Waals surface area (Å²) in [4.78, 5) is 4.39. The molecule has 0 aliphatic heterocycles. The van der Waals surface area contributed by atoms with E-state index in [2.05, 4.69) is 58.6 Å². The van der Waals surface area contributed by atoms with E-state index in [1.165, 1.54) is 16.9 Å². The molecular weight excluding hydrogens is 342 g/mol. The lowest BCUT2D eigenvalue weighted by molar-refractivity contribution is 0.382. The SMILES string of the molecule is Cc1ccc(Nc2nnc(SCc3nc(CC(C)C)no3)s2)cc1. The van der Waals surface area contributed by atoms with Gasteiger partial charge in [-0.1, -0.05) is 59.8 Å². The van der Waals surface area contributed by atoms with Crippen molar-refractivity contribution in [3.63, 3.8) is 0 Å². The Balaban J connectivity index is 1.54. The predicted octanol–water partition coefficient (Wildman–Crippen LogP) is 4.46. The number of anilines is 2. The molecule has 0 aliphatic carbocycles. The zero-order valence-corrected chi connectivity index (χ0v) is 15.4. The number of aromatic nitrogens is 4. The molecule has 0 aliphatic rings. The van der Waals surface area contributed by atoms with Gasteiger partial charge in [-0.3, -0.25) is 0 Å². The van der Waals surface area contributed by atoms with E-state index in [9.17, 15) is 0 Å². The fourth-order valence-corrected chi connectivity index (χ4v) is 3.61. The molecular formula is C16H19N5OS2. The van der Waals surface area contributed by atoms with Gasteiger partial charge in [0.1, 0.15) is 0 Å². The average Bonchev–Trinajstić information content (AvgIpc) is 3.16. The van der Waals surface area contributed by atoms with Crippen molar-refractivity contribution in [1.82, 2.24) is 20.3 Å². The lowest BCUT2D eigenvalue weighted by Gasteiger charge is -2.01. The second kappa shape index (κ2) is 7.76. The standard InChI is InChI=1S/C16H19N5OS2/c1-10(2)8-13-18-14(22-21-13)9-23-16-20-19-15(24-16)17-12-6-4-11(3)5-7-12/h4-7,10H,8-9H2,1-3H3,(H,17,19). The maximum atomic E-state index is 5.26. The van der Waals surface area contributed by atoms with Crippen LogP contribution < -0.4 is 5.32 Å². The Morgan fingerprint density at radius 3 is 2.75 bits per heavy atom. The zero-order chi connectivity index (χ0) is 16.9. The molecule has 126 valence electrons. The van der Waals surface area contributed by atoms with Crippen molar-refractivity contribution in [3.8, 4) is 0 Å². The molecule has 2 heterocycles. The van der Waals surface area contributed by atoms with Crippen molar-refractivity contribution in [1.29, 1.82) is 0 Å². The van der Waals surface area contributed by atoms with Crippen LogP contribution in [0.25, 0.3) is 0 Å². The summed E-state index contributed by atoms with van der Waals surface area (Å²) >= 11 is 3.06. The summed E-state index contributed by atoms with van der Waals surface area (Å²) in [7, 11) is 0. The van der Waals surface area contributed by atoms with Crippen molar-refractivity contribution in [2.45, 2.75) is 37.3 Å². The molecule has 6 nitrogen and oxygen atoms in total. The summed E-state index contributed by atoms with van der Waals surface area (Å²) in [6.07, 6.45) is 0.831. The maximum absolute atomic E-state index is 5.26. The number of rotatable bonds is 7. The molecule has 0 spiro atoms. The van der Waals surface area contributed by atoms with Gasteiger partial charge in [0, 0.05) is 12.1 Å². The number of aryl methyl sites for hydroxylation is 1. The third-order valence-corrected chi connectivity index (χ3v) is 5.09. The Bertz CT molecular complexity index is 782.